The van der Waals surface area contributed by atoms with E-state index in [0.29, 0.717) is 10.7 Å². The molecule has 0 aliphatic rings. The summed E-state index contributed by atoms with van der Waals surface area (Å²) in [5.41, 5.74) is 2.75. The zero-order chi connectivity index (χ0) is 19.0. The topological polar surface area (TPSA) is 81.8 Å². The molecule has 8 heteroatoms. The van der Waals surface area contributed by atoms with E-state index < -0.39 is 0 Å². The summed E-state index contributed by atoms with van der Waals surface area (Å²) < 4.78 is 3.31. The fraction of sp³-hybridized carbons (Fsp3) is 0.158. The van der Waals surface area contributed by atoms with Crippen molar-refractivity contribution >= 4 is 39.7 Å². The standard InChI is InChI=1S/C19H17N5O2S/c1-12(25)17-7-13(11-27-17)14-8-20-24(9-14)10-18(26)21-19-15-5-3-4-6-16(15)23(2)22-19/h3-9,11H,10H2,1-2H3,(H,21,22,26). The van der Waals surface area contributed by atoms with Crippen molar-refractivity contribution in [3.63, 3.8) is 0 Å². The van der Waals surface area contributed by atoms with Gasteiger partial charge in [0, 0.05) is 24.2 Å². The minimum Gasteiger partial charge on any atom is -0.307 e. The fourth-order valence-electron chi connectivity index (χ4n) is 2.90. The summed E-state index contributed by atoms with van der Waals surface area (Å²) in [7, 11) is 1.84. The average molecular weight is 379 g/mol. The molecular weight excluding hydrogens is 362 g/mol. The Kier molecular flexibility index (Phi) is 4.33. The van der Waals surface area contributed by atoms with Crippen molar-refractivity contribution in [2.24, 2.45) is 7.05 Å². The van der Waals surface area contributed by atoms with Gasteiger partial charge in [-0.3, -0.25) is 19.0 Å². The van der Waals surface area contributed by atoms with Crippen LogP contribution in [-0.2, 0) is 18.4 Å². The van der Waals surface area contributed by atoms with Crippen LogP contribution in [0.15, 0.2) is 48.1 Å². The molecule has 0 aliphatic heterocycles. The predicted molar refractivity (Wildman–Crippen MR) is 105 cm³/mol. The first-order chi connectivity index (χ1) is 13.0. The summed E-state index contributed by atoms with van der Waals surface area (Å²) >= 11 is 1.40. The number of hydrogen-bond donors (Lipinski definition) is 1. The van der Waals surface area contributed by atoms with Crippen LogP contribution in [0.5, 0.6) is 0 Å². The normalized spacial score (nSPS) is 11.0. The molecule has 1 N–H and O–H groups in total. The molecule has 136 valence electrons. The van der Waals surface area contributed by atoms with E-state index in [-0.39, 0.29) is 18.2 Å². The van der Waals surface area contributed by atoms with E-state index in [4.69, 9.17) is 0 Å². The van der Waals surface area contributed by atoms with Gasteiger partial charge in [0.05, 0.1) is 16.6 Å². The lowest BCUT2D eigenvalue weighted by Gasteiger charge is -2.02. The molecule has 0 radical (unpaired) electrons. The molecule has 1 amide bonds. The molecule has 3 aromatic heterocycles. The van der Waals surface area contributed by atoms with Crippen molar-refractivity contribution in [1.29, 1.82) is 0 Å². The van der Waals surface area contributed by atoms with E-state index in [0.717, 1.165) is 22.0 Å². The van der Waals surface area contributed by atoms with Gasteiger partial charge >= 0.3 is 0 Å². The van der Waals surface area contributed by atoms with Crippen LogP contribution in [0.2, 0.25) is 0 Å². The summed E-state index contributed by atoms with van der Waals surface area (Å²) in [4.78, 5) is 24.6. The number of nitrogens with zero attached hydrogens (tertiary/aromatic N) is 4. The van der Waals surface area contributed by atoms with E-state index in [1.807, 2.05) is 42.8 Å². The van der Waals surface area contributed by atoms with Crippen molar-refractivity contribution in [2.45, 2.75) is 13.5 Å². The smallest absolute Gasteiger partial charge is 0.247 e. The van der Waals surface area contributed by atoms with Crippen LogP contribution in [0.25, 0.3) is 22.0 Å². The second-order valence-electron chi connectivity index (χ2n) is 6.22. The van der Waals surface area contributed by atoms with Crippen LogP contribution in [0.4, 0.5) is 5.82 Å². The van der Waals surface area contributed by atoms with Gasteiger partial charge in [0.25, 0.3) is 0 Å². The lowest BCUT2D eigenvalue weighted by molar-refractivity contribution is -0.116. The highest BCUT2D eigenvalue weighted by atomic mass is 32.1. The number of aromatic nitrogens is 4. The van der Waals surface area contributed by atoms with Crippen LogP contribution in [-0.4, -0.2) is 31.3 Å². The number of ketones is 1. The summed E-state index contributed by atoms with van der Waals surface area (Å²) in [6, 6.07) is 9.56. The molecule has 4 aromatic rings. The highest BCUT2D eigenvalue weighted by molar-refractivity contribution is 7.12. The van der Waals surface area contributed by atoms with Crippen LogP contribution >= 0.6 is 11.3 Å². The highest BCUT2D eigenvalue weighted by Crippen LogP contribution is 2.26. The Morgan fingerprint density at radius 2 is 2.04 bits per heavy atom. The Labute approximate surface area is 159 Å². The van der Waals surface area contributed by atoms with Crippen LogP contribution < -0.4 is 5.32 Å². The summed E-state index contributed by atoms with van der Waals surface area (Å²) in [6.45, 7) is 1.62. The molecule has 0 saturated heterocycles. The van der Waals surface area contributed by atoms with E-state index in [1.54, 1.807) is 28.7 Å². The molecule has 1 aromatic carbocycles. The Morgan fingerprint density at radius 1 is 1.22 bits per heavy atom. The Morgan fingerprint density at radius 3 is 2.81 bits per heavy atom. The molecule has 0 fully saturated rings. The molecule has 0 atom stereocenters. The molecule has 27 heavy (non-hydrogen) atoms. The minimum absolute atomic E-state index is 0.0422. The number of anilines is 1. The van der Waals surface area contributed by atoms with E-state index >= 15 is 0 Å². The van der Waals surface area contributed by atoms with Crippen molar-refractivity contribution in [1.82, 2.24) is 19.6 Å². The monoisotopic (exact) mass is 379 g/mol. The molecule has 7 nitrogen and oxygen atoms in total. The Balaban J connectivity index is 1.48. The molecule has 0 saturated carbocycles. The number of hydrogen-bond acceptors (Lipinski definition) is 5. The van der Waals surface area contributed by atoms with Gasteiger partial charge in [0.2, 0.25) is 5.91 Å². The number of para-hydroxylation sites is 1. The fourth-order valence-corrected chi connectivity index (χ4v) is 3.72. The van der Waals surface area contributed by atoms with Crippen LogP contribution in [0.3, 0.4) is 0 Å². The lowest BCUT2D eigenvalue weighted by Crippen LogP contribution is -2.19. The number of thiophene rings is 1. The molecule has 0 unspecified atom stereocenters. The number of rotatable bonds is 5. The first kappa shape index (κ1) is 17.2. The van der Waals surface area contributed by atoms with Gasteiger partial charge in [-0.1, -0.05) is 12.1 Å². The first-order valence-corrected chi connectivity index (χ1v) is 9.23. The maximum absolute atomic E-state index is 12.4. The minimum atomic E-state index is -0.205. The first-order valence-electron chi connectivity index (χ1n) is 8.35. The number of amides is 1. The second-order valence-corrected chi connectivity index (χ2v) is 7.13. The van der Waals surface area contributed by atoms with Crippen LogP contribution in [0.1, 0.15) is 16.6 Å². The molecule has 0 spiro atoms. The largest absolute Gasteiger partial charge is 0.307 e. The lowest BCUT2D eigenvalue weighted by atomic mass is 10.2. The van der Waals surface area contributed by atoms with E-state index in [9.17, 15) is 9.59 Å². The van der Waals surface area contributed by atoms with E-state index in [2.05, 4.69) is 15.5 Å². The Hall–Kier alpha value is -3.26. The van der Waals surface area contributed by atoms with Crippen molar-refractivity contribution in [3.8, 4) is 11.1 Å². The van der Waals surface area contributed by atoms with Gasteiger partial charge in [0.1, 0.15) is 6.54 Å². The molecule has 0 aliphatic carbocycles. The maximum Gasteiger partial charge on any atom is 0.247 e. The third kappa shape index (κ3) is 3.39. The summed E-state index contributed by atoms with van der Waals surface area (Å²) in [5, 5.41) is 14.3. The number of benzene rings is 1. The third-order valence-electron chi connectivity index (χ3n) is 4.23. The zero-order valence-corrected chi connectivity index (χ0v) is 15.7. The van der Waals surface area contributed by atoms with Gasteiger partial charge in [-0.05, 0) is 36.1 Å². The van der Waals surface area contributed by atoms with Crippen molar-refractivity contribution in [3.05, 3.63) is 53.0 Å². The highest BCUT2D eigenvalue weighted by Gasteiger charge is 2.13. The van der Waals surface area contributed by atoms with Crippen molar-refractivity contribution < 1.29 is 9.59 Å². The van der Waals surface area contributed by atoms with Crippen molar-refractivity contribution in [2.75, 3.05) is 5.32 Å². The van der Waals surface area contributed by atoms with Crippen LogP contribution in [0, 0.1) is 0 Å². The molecule has 4 rings (SSSR count). The van der Waals surface area contributed by atoms with Gasteiger partial charge in [-0.2, -0.15) is 10.2 Å². The average Bonchev–Trinajstić information content (AvgIpc) is 3.35. The number of fused-ring (bicyclic) bond motifs is 1. The van der Waals surface area contributed by atoms with Gasteiger partial charge in [0.15, 0.2) is 11.6 Å². The number of Topliss-reactive ketones (excluding diaryl/α,β-unsaturated/α-hetero) is 1. The molecule has 3 heterocycles. The predicted octanol–water partition coefficient (Wildman–Crippen LogP) is 3.34. The third-order valence-corrected chi connectivity index (χ3v) is 5.27. The van der Waals surface area contributed by atoms with E-state index in [1.165, 1.54) is 11.3 Å². The zero-order valence-electron chi connectivity index (χ0n) is 14.8. The number of carbonyl (C=O) groups is 2. The molecular formula is C19H17N5O2S. The summed E-state index contributed by atoms with van der Waals surface area (Å²) in [6.07, 6.45) is 3.48. The molecule has 0 bridgehead atoms. The second kappa shape index (κ2) is 6.81. The van der Waals surface area contributed by atoms with Gasteiger partial charge < -0.3 is 5.32 Å². The SMILES string of the molecule is CC(=O)c1cc(-c2cnn(CC(=O)Nc3nn(C)c4ccccc34)c2)cs1. The number of aryl methyl sites for hydroxylation is 1. The van der Waals surface area contributed by atoms with Gasteiger partial charge in [-0.15, -0.1) is 11.3 Å². The summed E-state index contributed by atoms with van der Waals surface area (Å²) in [5.74, 6) is 0.373. The maximum atomic E-state index is 12.4. The van der Waals surface area contributed by atoms with Gasteiger partial charge in [-0.25, -0.2) is 0 Å². The number of nitrogens with one attached hydrogen (secondary N) is 1. The number of carbonyl (C=O) groups excluding carboxylic acids is 2. The Bertz CT molecular complexity index is 1150. The quantitative estimate of drug-likeness (QED) is 0.539.